The molecule has 2 N–H and O–H groups in total. The predicted octanol–water partition coefficient (Wildman–Crippen LogP) is 3.81. The Morgan fingerprint density at radius 3 is 2.33 bits per heavy atom. The zero-order chi connectivity index (χ0) is 18.7. The van der Waals surface area contributed by atoms with Crippen molar-refractivity contribution in [1.82, 2.24) is 10.2 Å². The van der Waals surface area contributed by atoms with Crippen LogP contribution in [0.3, 0.4) is 0 Å². The van der Waals surface area contributed by atoms with Gasteiger partial charge in [0.25, 0.3) is 0 Å². The van der Waals surface area contributed by atoms with E-state index >= 15 is 0 Å². The summed E-state index contributed by atoms with van der Waals surface area (Å²) < 4.78 is 38.8. The van der Waals surface area contributed by atoms with Gasteiger partial charge in [0.05, 0.1) is 24.3 Å². The molecule has 1 rings (SSSR count). The van der Waals surface area contributed by atoms with Crippen LogP contribution in [-0.2, 0) is 6.18 Å². The van der Waals surface area contributed by atoms with E-state index in [9.17, 15) is 18.0 Å². The van der Waals surface area contributed by atoms with Crippen LogP contribution in [0.1, 0.15) is 44.9 Å². The van der Waals surface area contributed by atoms with Crippen molar-refractivity contribution in [2.75, 3.05) is 13.7 Å². The Bertz CT molecular complexity index is 568. The highest BCUT2D eigenvalue weighted by molar-refractivity contribution is 5.75. The van der Waals surface area contributed by atoms with Crippen LogP contribution >= 0.6 is 0 Å². The van der Waals surface area contributed by atoms with E-state index in [0.29, 0.717) is 5.56 Å². The van der Waals surface area contributed by atoms with Crippen LogP contribution in [0.4, 0.5) is 18.0 Å². The highest BCUT2D eigenvalue weighted by atomic mass is 19.4. The van der Waals surface area contributed by atoms with E-state index < -0.39 is 35.3 Å². The van der Waals surface area contributed by atoms with Crippen LogP contribution in [0.25, 0.3) is 0 Å². The fourth-order valence-electron chi connectivity index (χ4n) is 2.24. The zero-order valence-electron chi connectivity index (χ0n) is 14.6. The molecular weight excluding hydrogens is 321 g/mol. The summed E-state index contributed by atoms with van der Waals surface area (Å²) in [5.41, 5.74) is -0.861. The number of alkyl halides is 3. The number of urea groups is 1. The minimum absolute atomic E-state index is 0.201. The quantitative estimate of drug-likeness (QED) is 0.871. The molecule has 0 heterocycles. The fourth-order valence-corrected chi connectivity index (χ4v) is 2.24. The van der Waals surface area contributed by atoms with Crippen LogP contribution in [0.15, 0.2) is 24.3 Å². The van der Waals surface area contributed by atoms with Gasteiger partial charge in [-0.15, -0.1) is 0 Å². The highest BCUT2D eigenvalue weighted by Crippen LogP contribution is 2.36. The number of aliphatic hydroxyl groups excluding tert-OH is 1. The molecule has 2 amide bonds. The molecule has 4 nitrogen and oxygen atoms in total. The van der Waals surface area contributed by atoms with Crippen LogP contribution in [0, 0.1) is 5.41 Å². The first-order valence-corrected chi connectivity index (χ1v) is 7.69. The SMILES string of the molecule is CC(CO)N(C)C(=O)NC(c1cccc(C(F)(F)F)c1)C(C)(C)C. The van der Waals surface area contributed by atoms with Gasteiger partial charge in [0, 0.05) is 7.05 Å². The number of carbonyl (C=O) groups excluding carboxylic acids is 1. The van der Waals surface area contributed by atoms with E-state index in [2.05, 4.69) is 5.32 Å². The van der Waals surface area contributed by atoms with E-state index in [4.69, 9.17) is 5.11 Å². The van der Waals surface area contributed by atoms with Crippen molar-refractivity contribution in [1.29, 1.82) is 0 Å². The van der Waals surface area contributed by atoms with Crippen molar-refractivity contribution in [2.45, 2.75) is 46.0 Å². The normalized spacial score (nSPS) is 14.9. The molecule has 136 valence electrons. The molecule has 0 fully saturated rings. The molecule has 0 aromatic heterocycles. The average Bonchev–Trinajstić information content (AvgIpc) is 2.48. The minimum atomic E-state index is -4.44. The molecule has 0 bridgehead atoms. The number of carbonyl (C=O) groups is 1. The number of aliphatic hydroxyl groups is 1. The molecule has 0 aliphatic heterocycles. The van der Waals surface area contributed by atoms with Crippen molar-refractivity contribution in [3.8, 4) is 0 Å². The lowest BCUT2D eigenvalue weighted by Gasteiger charge is -2.34. The van der Waals surface area contributed by atoms with Crippen LogP contribution < -0.4 is 5.32 Å². The van der Waals surface area contributed by atoms with Gasteiger partial charge in [-0.3, -0.25) is 0 Å². The zero-order valence-corrected chi connectivity index (χ0v) is 14.6. The molecule has 7 heteroatoms. The van der Waals surface area contributed by atoms with Crippen LogP contribution in [-0.4, -0.2) is 35.7 Å². The third-order valence-electron chi connectivity index (χ3n) is 3.93. The molecule has 0 saturated heterocycles. The third-order valence-corrected chi connectivity index (χ3v) is 3.93. The lowest BCUT2D eigenvalue weighted by molar-refractivity contribution is -0.137. The Labute approximate surface area is 140 Å². The van der Waals surface area contributed by atoms with Crippen molar-refractivity contribution < 1.29 is 23.1 Å². The largest absolute Gasteiger partial charge is 0.416 e. The standard InChI is InChI=1S/C17H25F3N2O2/c1-11(10-23)22(5)15(24)21-14(16(2,3)4)12-7-6-8-13(9-12)17(18,19)20/h6-9,11,14,23H,10H2,1-5H3,(H,21,24). The molecule has 0 spiro atoms. The van der Waals surface area contributed by atoms with Gasteiger partial charge >= 0.3 is 12.2 Å². The molecule has 0 aliphatic carbocycles. The Hall–Kier alpha value is -1.76. The Morgan fingerprint density at radius 2 is 1.88 bits per heavy atom. The van der Waals surface area contributed by atoms with Crippen molar-refractivity contribution in [3.63, 3.8) is 0 Å². The maximum atomic E-state index is 12.9. The summed E-state index contributed by atoms with van der Waals surface area (Å²) in [6.07, 6.45) is -4.44. The molecular formula is C17H25F3N2O2. The number of rotatable bonds is 4. The van der Waals surface area contributed by atoms with E-state index in [1.165, 1.54) is 18.0 Å². The van der Waals surface area contributed by atoms with E-state index in [1.54, 1.807) is 13.0 Å². The first-order chi connectivity index (χ1) is 10.9. The molecule has 24 heavy (non-hydrogen) atoms. The van der Waals surface area contributed by atoms with Gasteiger partial charge in [0.15, 0.2) is 0 Å². The van der Waals surface area contributed by atoms with Gasteiger partial charge in [-0.2, -0.15) is 13.2 Å². The summed E-state index contributed by atoms with van der Waals surface area (Å²) in [5.74, 6) is 0. The number of amides is 2. The number of hydrogen-bond donors (Lipinski definition) is 2. The Morgan fingerprint density at radius 1 is 1.29 bits per heavy atom. The number of nitrogens with one attached hydrogen (secondary N) is 1. The second kappa shape index (κ2) is 7.42. The molecule has 0 saturated carbocycles. The molecule has 0 aliphatic rings. The van der Waals surface area contributed by atoms with Crippen LogP contribution in [0.5, 0.6) is 0 Å². The fraction of sp³-hybridized carbons (Fsp3) is 0.588. The first-order valence-electron chi connectivity index (χ1n) is 7.69. The van der Waals surface area contributed by atoms with Crippen molar-refractivity contribution >= 4 is 6.03 Å². The average molecular weight is 346 g/mol. The highest BCUT2D eigenvalue weighted by Gasteiger charge is 2.34. The topological polar surface area (TPSA) is 52.6 Å². The number of nitrogens with zero attached hydrogens (tertiary/aromatic N) is 1. The lowest BCUT2D eigenvalue weighted by atomic mass is 9.82. The molecule has 2 atom stereocenters. The van der Waals surface area contributed by atoms with Gasteiger partial charge in [0.1, 0.15) is 0 Å². The van der Waals surface area contributed by atoms with Gasteiger partial charge in [0.2, 0.25) is 0 Å². The summed E-state index contributed by atoms with van der Waals surface area (Å²) in [5, 5.41) is 11.9. The van der Waals surface area contributed by atoms with Gasteiger partial charge in [-0.1, -0.05) is 32.9 Å². The second-order valence-electron chi connectivity index (χ2n) is 7.01. The molecule has 0 radical (unpaired) electrons. The maximum Gasteiger partial charge on any atom is 0.416 e. The Balaban J connectivity index is 3.14. The third kappa shape index (κ3) is 5.12. The number of halogens is 3. The monoisotopic (exact) mass is 346 g/mol. The van der Waals surface area contributed by atoms with Gasteiger partial charge in [-0.05, 0) is 30.0 Å². The first kappa shape index (κ1) is 20.3. The predicted molar refractivity (Wildman–Crippen MR) is 86.5 cm³/mol. The number of hydrogen-bond acceptors (Lipinski definition) is 2. The van der Waals surface area contributed by atoms with Gasteiger partial charge < -0.3 is 15.3 Å². The summed E-state index contributed by atoms with van der Waals surface area (Å²) in [6.45, 7) is 7.00. The van der Waals surface area contributed by atoms with Crippen molar-refractivity contribution in [2.24, 2.45) is 5.41 Å². The number of likely N-dealkylation sites (N-methyl/N-ethyl adjacent to an activating group) is 1. The summed E-state index contributed by atoms with van der Waals surface area (Å²) in [4.78, 5) is 13.7. The number of benzene rings is 1. The van der Waals surface area contributed by atoms with Crippen LogP contribution in [0.2, 0.25) is 0 Å². The second-order valence-corrected chi connectivity index (χ2v) is 7.01. The van der Waals surface area contributed by atoms with E-state index in [0.717, 1.165) is 12.1 Å². The summed E-state index contributed by atoms with van der Waals surface area (Å²) in [7, 11) is 1.53. The van der Waals surface area contributed by atoms with Gasteiger partial charge in [-0.25, -0.2) is 4.79 Å². The minimum Gasteiger partial charge on any atom is -0.394 e. The van der Waals surface area contributed by atoms with E-state index in [1.807, 2.05) is 20.8 Å². The molecule has 2 unspecified atom stereocenters. The molecule has 1 aromatic carbocycles. The summed E-state index contributed by atoms with van der Waals surface area (Å²) in [6, 6.07) is 3.52. The van der Waals surface area contributed by atoms with Crippen molar-refractivity contribution in [3.05, 3.63) is 35.4 Å². The molecule has 1 aromatic rings. The smallest absolute Gasteiger partial charge is 0.394 e. The lowest BCUT2D eigenvalue weighted by Crippen LogP contribution is -2.47. The summed E-state index contributed by atoms with van der Waals surface area (Å²) >= 11 is 0. The Kier molecular flexibility index (Phi) is 6.27. The van der Waals surface area contributed by atoms with E-state index in [-0.39, 0.29) is 6.61 Å². The maximum absolute atomic E-state index is 12.9.